The fourth-order valence-electron chi connectivity index (χ4n) is 1.64. The number of fused-ring (bicyclic) bond motifs is 1. The van der Waals surface area contributed by atoms with Gasteiger partial charge in [0.1, 0.15) is 5.76 Å². The molecule has 78 valence electrons. The summed E-state index contributed by atoms with van der Waals surface area (Å²) in [6, 6.07) is 0. The summed E-state index contributed by atoms with van der Waals surface area (Å²) in [7, 11) is -3.25. The normalized spacial score (nSPS) is 16.4. The van der Waals surface area contributed by atoms with Gasteiger partial charge >= 0.3 is 0 Å². The van der Waals surface area contributed by atoms with Crippen LogP contribution in [0.5, 0.6) is 0 Å². The Kier molecular flexibility index (Phi) is 2.22. The van der Waals surface area contributed by atoms with E-state index in [-0.39, 0.29) is 0 Å². The van der Waals surface area contributed by atoms with Crippen molar-refractivity contribution in [3.8, 4) is 0 Å². The first-order valence-electron chi connectivity index (χ1n) is 4.51. The van der Waals surface area contributed by atoms with Crippen LogP contribution in [0.25, 0.3) is 0 Å². The van der Waals surface area contributed by atoms with Crippen molar-refractivity contribution in [2.24, 2.45) is 0 Å². The number of nitrogens with zero attached hydrogens (tertiary/aromatic N) is 1. The molecule has 2 rings (SSSR count). The molecule has 5 nitrogen and oxygen atoms in total. The minimum atomic E-state index is -3.25. The number of rotatable bonds is 2. The van der Waals surface area contributed by atoms with Crippen LogP contribution in [0.15, 0.2) is 4.52 Å². The molecule has 0 bridgehead atoms. The molecule has 0 aromatic carbocycles. The Morgan fingerprint density at radius 1 is 1.36 bits per heavy atom. The number of hydrogen-bond donors (Lipinski definition) is 1. The number of hydrogen-bond acceptors (Lipinski definition) is 4. The zero-order valence-corrected chi connectivity index (χ0v) is 8.73. The van der Waals surface area contributed by atoms with Gasteiger partial charge in [0.15, 0.2) is 5.82 Å². The average Bonchev–Trinajstić information content (AvgIpc) is 2.47. The predicted molar refractivity (Wildman–Crippen MR) is 51.6 cm³/mol. The number of nitrogens with one attached hydrogen (secondary N) is 1. The van der Waals surface area contributed by atoms with Gasteiger partial charge in [0.25, 0.3) is 0 Å². The quantitative estimate of drug-likeness (QED) is 0.798. The Balaban J connectivity index is 2.31. The Labute approximate surface area is 82.5 Å². The van der Waals surface area contributed by atoms with Gasteiger partial charge in [-0.1, -0.05) is 5.16 Å². The van der Waals surface area contributed by atoms with Gasteiger partial charge in [0.05, 0.1) is 6.26 Å². The highest BCUT2D eigenvalue weighted by Crippen LogP contribution is 2.27. The summed E-state index contributed by atoms with van der Waals surface area (Å²) in [5.41, 5.74) is 0.918. The first-order valence-corrected chi connectivity index (χ1v) is 6.40. The maximum absolute atomic E-state index is 11.0. The van der Waals surface area contributed by atoms with Gasteiger partial charge in [-0.25, -0.2) is 8.42 Å². The van der Waals surface area contributed by atoms with Crippen molar-refractivity contribution in [2.75, 3.05) is 11.0 Å². The molecule has 0 saturated heterocycles. The van der Waals surface area contributed by atoms with E-state index in [1.807, 2.05) is 0 Å². The second-order valence-corrected chi connectivity index (χ2v) is 5.26. The maximum atomic E-state index is 11.0. The lowest BCUT2D eigenvalue weighted by atomic mass is 9.98. The van der Waals surface area contributed by atoms with E-state index in [2.05, 4.69) is 9.88 Å². The minimum absolute atomic E-state index is 0.363. The molecule has 0 unspecified atom stereocenters. The Morgan fingerprint density at radius 2 is 2.07 bits per heavy atom. The third-order valence-electron chi connectivity index (χ3n) is 2.23. The fraction of sp³-hybridized carbons (Fsp3) is 0.625. The van der Waals surface area contributed by atoms with Crippen LogP contribution in [0, 0.1) is 0 Å². The molecular weight excluding hydrogens is 204 g/mol. The Hall–Kier alpha value is -1.04. The predicted octanol–water partition coefficient (Wildman–Crippen LogP) is 0.925. The van der Waals surface area contributed by atoms with Gasteiger partial charge in [-0.2, -0.15) is 0 Å². The number of sulfonamides is 1. The van der Waals surface area contributed by atoms with E-state index in [9.17, 15) is 8.42 Å². The molecular formula is C8H12N2O3S. The fourth-order valence-corrected chi connectivity index (χ4v) is 2.15. The second-order valence-electron chi connectivity index (χ2n) is 3.51. The summed E-state index contributed by atoms with van der Waals surface area (Å²) in [6.07, 6.45) is 4.95. The van der Waals surface area contributed by atoms with E-state index in [0.717, 1.165) is 43.3 Å². The van der Waals surface area contributed by atoms with Crippen LogP contribution in [0.3, 0.4) is 0 Å². The number of anilines is 1. The molecule has 1 aromatic heterocycles. The van der Waals surface area contributed by atoms with Crippen molar-refractivity contribution < 1.29 is 12.9 Å². The standard InChI is InChI=1S/C8H12N2O3S/c1-14(11,12)10-8-6-4-2-3-5-7(6)13-9-8/h2-5H2,1H3,(H,9,10). The molecule has 0 spiro atoms. The maximum Gasteiger partial charge on any atom is 0.231 e. The van der Waals surface area contributed by atoms with Gasteiger partial charge in [0, 0.05) is 12.0 Å². The molecule has 14 heavy (non-hydrogen) atoms. The monoisotopic (exact) mass is 216 g/mol. The van der Waals surface area contributed by atoms with Crippen LogP contribution in [-0.2, 0) is 22.9 Å². The van der Waals surface area contributed by atoms with Gasteiger partial charge < -0.3 is 4.52 Å². The van der Waals surface area contributed by atoms with Crippen LogP contribution in [0.4, 0.5) is 5.82 Å². The molecule has 1 aliphatic rings. The molecule has 1 aromatic rings. The molecule has 0 atom stereocenters. The zero-order chi connectivity index (χ0) is 10.2. The van der Waals surface area contributed by atoms with Crippen molar-refractivity contribution in [2.45, 2.75) is 25.7 Å². The molecule has 6 heteroatoms. The molecule has 0 aliphatic heterocycles. The smallest absolute Gasteiger partial charge is 0.231 e. The topological polar surface area (TPSA) is 72.2 Å². The van der Waals surface area contributed by atoms with E-state index >= 15 is 0 Å². The first kappa shape index (κ1) is 9.51. The summed E-state index contributed by atoms with van der Waals surface area (Å²) >= 11 is 0. The van der Waals surface area contributed by atoms with Gasteiger partial charge in [0.2, 0.25) is 10.0 Å². The molecule has 1 N–H and O–H groups in total. The lowest BCUT2D eigenvalue weighted by Crippen LogP contribution is -2.12. The highest BCUT2D eigenvalue weighted by molar-refractivity contribution is 7.92. The second kappa shape index (κ2) is 3.27. The van der Waals surface area contributed by atoms with Crippen molar-refractivity contribution in [3.05, 3.63) is 11.3 Å². The average molecular weight is 216 g/mol. The van der Waals surface area contributed by atoms with Gasteiger partial charge in [-0.15, -0.1) is 0 Å². The number of aromatic nitrogens is 1. The molecule has 1 heterocycles. The van der Waals surface area contributed by atoms with Gasteiger partial charge in [-0.3, -0.25) is 4.72 Å². The van der Waals surface area contributed by atoms with E-state index in [1.165, 1.54) is 0 Å². The van der Waals surface area contributed by atoms with Crippen LogP contribution in [0.1, 0.15) is 24.2 Å². The third kappa shape index (κ3) is 1.89. The Bertz CT molecular complexity index is 435. The van der Waals surface area contributed by atoms with E-state index in [1.54, 1.807) is 0 Å². The van der Waals surface area contributed by atoms with Crippen LogP contribution in [-0.4, -0.2) is 19.8 Å². The third-order valence-corrected chi connectivity index (χ3v) is 2.80. The lowest BCUT2D eigenvalue weighted by molar-refractivity contribution is 0.374. The highest BCUT2D eigenvalue weighted by atomic mass is 32.2. The van der Waals surface area contributed by atoms with E-state index < -0.39 is 10.0 Å². The van der Waals surface area contributed by atoms with Crippen LogP contribution < -0.4 is 4.72 Å². The zero-order valence-electron chi connectivity index (χ0n) is 7.91. The summed E-state index contributed by atoms with van der Waals surface area (Å²) < 4.78 is 29.4. The van der Waals surface area contributed by atoms with Gasteiger partial charge in [-0.05, 0) is 19.3 Å². The van der Waals surface area contributed by atoms with E-state index in [0.29, 0.717) is 5.82 Å². The highest BCUT2D eigenvalue weighted by Gasteiger charge is 2.20. The molecule has 0 saturated carbocycles. The molecule has 0 fully saturated rings. The molecule has 1 aliphatic carbocycles. The largest absolute Gasteiger partial charge is 0.359 e. The van der Waals surface area contributed by atoms with Crippen LogP contribution in [0.2, 0.25) is 0 Å². The van der Waals surface area contributed by atoms with Crippen molar-refractivity contribution >= 4 is 15.8 Å². The van der Waals surface area contributed by atoms with Crippen LogP contribution >= 0.6 is 0 Å². The van der Waals surface area contributed by atoms with Crippen molar-refractivity contribution in [1.82, 2.24) is 5.16 Å². The lowest BCUT2D eigenvalue weighted by Gasteiger charge is -2.08. The SMILES string of the molecule is CS(=O)(=O)Nc1noc2c1CCCC2. The summed E-state index contributed by atoms with van der Waals surface area (Å²) in [4.78, 5) is 0. The summed E-state index contributed by atoms with van der Waals surface area (Å²) in [6.45, 7) is 0. The number of aryl methyl sites for hydroxylation is 1. The summed E-state index contributed by atoms with van der Waals surface area (Å²) in [5, 5.41) is 3.72. The van der Waals surface area contributed by atoms with Crippen molar-refractivity contribution in [3.63, 3.8) is 0 Å². The Morgan fingerprint density at radius 3 is 2.79 bits per heavy atom. The summed E-state index contributed by atoms with van der Waals surface area (Å²) in [5.74, 6) is 1.18. The molecule has 0 radical (unpaired) electrons. The minimum Gasteiger partial charge on any atom is -0.359 e. The van der Waals surface area contributed by atoms with Crippen molar-refractivity contribution in [1.29, 1.82) is 0 Å². The van der Waals surface area contributed by atoms with E-state index in [4.69, 9.17) is 4.52 Å². The first-order chi connectivity index (χ1) is 6.56. The molecule has 0 amide bonds.